The van der Waals surface area contributed by atoms with Crippen molar-refractivity contribution in [2.75, 3.05) is 36.8 Å². The Bertz CT molecular complexity index is 907. The molecule has 142 valence electrons. The Morgan fingerprint density at radius 2 is 1.89 bits per heavy atom. The average Bonchev–Trinajstić information content (AvgIpc) is 2.71. The van der Waals surface area contributed by atoms with Crippen molar-refractivity contribution in [2.24, 2.45) is 5.92 Å². The Balaban J connectivity index is 1.40. The fourth-order valence-corrected chi connectivity index (χ4v) is 4.58. The molecule has 0 radical (unpaired) electrons. The van der Waals surface area contributed by atoms with Crippen LogP contribution in [0.2, 0.25) is 0 Å². The molecule has 8 heteroatoms. The second-order valence-corrected chi connectivity index (χ2v) is 7.92. The average molecular weight is 388 g/mol. The summed E-state index contributed by atoms with van der Waals surface area (Å²) in [5.41, 5.74) is 1.50. The second-order valence-electron chi connectivity index (χ2n) is 6.94. The zero-order valence-corrected chi connectivity index (χ0v) is 15.9. The Morgan fingerprint density at radius 1 is 1.19 bits per heavy atom. The van der Waals surface area contributed by atoms with E-state index in [1.165, 1.54) is 23.9 Å². The number of carbonyl (C=O) groups is 1. The van der Waals surface area contributed by atoms with Crippen LogP contribution in [-0.4, -0.2) is 52.3 Å². The van der Waals surface area contributed by atoms with Crippen molar-refractivity contribution in [3.05, 3.63) is 52.2 Å². The topological polar surface area (TPSA) is 58.4 Å². The Morgan fingerprint density at radius 3 is 2.59 bits per heavy atom. The minimum atomic E-state index is -0.248. The molecule has 2 aliphatic rings. The van der Waals surface area contributed by atoms with Crippen LogP contribution in [-0.2, 0) is 11.3 Å². The van der Waals surface area contributed by atoms with Crippen molar-refractivity contribution in [2.45, 2.75) is 18.6 Å². The Labute approximate surface area is 161 Å². The highest BCUT2D eigenvalue weighted by Crippen LogP contribution is 2.27. The van der Waals surface area contributed by atoms with E-state index in [1.807, 2.05) is 4.90 Å². The first-order valence-electron chi connectivity index (χ1n) is 9.01. The van der Waals surface area contributed by atoms with E-state index in [4.69, 9.17) is 0 Å². The van der Waals surface area contributed by atoms with Crippen molar-refractivity contribution in [1.82, 2.24) is 14.5 Å². The quantitative estimate of drug-likeness (QED) is 0.734. The largest absolute Gasteiger partial charge is 0.368 e. The molecule has 1 amide bonds. The number of benzene rings is 1. The number of anilines is 1. The van der Waals surface area contributed by atoms with E-state index < -0.39 is 0 Å². The van der Waals surface area contributed by atoms with Gasteiger partial charge in [-0.15, -0.1) is 0 Å². The zero-order valence-electron chi connectivity index (χ0n) is 15.1. The molecule has 6 nitrogen and oxygen atoms in total. The maximum Gasteiger partial charge on any atom is 0.257 e. The highest BCUT2D eigenvalue weighted by Gasteiger charge is 2.31. The van der Waals surface area contributed by atoms with Gasteiger partial charge in [0.2, 0.25) is 5.91 Å². The summed E-state index contributed by atoms with van der Waals surface area (Å²) in [7, 11) is 0. The third-order valence-electron chi connectivity index (χ3n) is 5.13. The molecule has 1 fully saturated rings. The van der Waals surface area contributed by atoms with Crippen LogP contribution in [0.25, 0.3) is 0 Å². The van der Waals surface area contributed by atoms with Gasteiger partial charge in [0.15, 0.2) is 5.16 Å². The summed E-state index contributed by atoms with van der Waals surface area (Å²) in [5, 5.41) is 0.691. The first kappa shape index (κ1) is 18.0. The molecular formula is C19H21FN4O2S. The smallest absolute Gasteiger partial charge is 0.257 e. The summed E-state index contributed by atoms with van der Waals surface area (Å²) >= 11 is 1.47. The molecule has 3 heterocycles. The van der Waals surface area contributed by atoms with Crippen LogP contribution < -0.4 is 10.5 Å². The molecule has 1 saturated heterocycles. The van der Waals surface area contributed by atoms with Gasteiger partial charge in [-0.3, -0.25) is 14.2 Å². The molecule has 2 aliphatic heterocycles. The van der Waals surface area contributed by atoms with Crippen LogP contribution in [0.1, 0.15) is 5.56 Å². The minimum Gasteiger partial charge on any atom is -0.368 e. The number of aromatic nitrogens is 2. The number of hydrogen-bond acceptors (Lipinski definition) is 5. The van der Waals surface area contributed by atoms with Crippen molar-refractivity contribution in [3.63, 3.8) is 0 Å². The van der Waals surface area contributed by atoms with Crippen molar-refractivity contribution < 1.29 is 9.18 Å². The van der Waals surface area contributed by atoms with Crippen LogP contribution in [0, 0.1) is 18.7 Å². The maximum atomic E-state index is 13.1. The van der Waals surface area contributed by atoms with E-state index in [9.17, 15) is 14.0 Å². The molecular weight excluding hydrogens is 367 g/mol. The highest BCUT2D eigenvalue weighted by molar-refractivity contribution is 7.99. The Kier molecular flexibility index (Phi) is 4.90. The predicted octanol–water partition coefficient (Wildman–Crippen LogP) is 1.76. The molecule has 1 aromatic carbocycles. The van der Waals surface area contributed by atoms with Gasteiger partial charge in [-0.05, 0) is 31.2 Å². The molecule has 0 saturated carbocycles. The summed E-state index contributed by atoms with van der Waals surface area (Å²) in [6, 6.07) is 6.45. The number of halogens is 1. The first-order chi connectivity index (χ1) is 13.0. The van der Waals surface area contributed by atoms with Crippen LogP contribution in [0.4, 0.5) is 10.1 Å². The van der Waals surface area contributed by atoms with Gasteiger partial charge in [0.25, 0.3) is 5.56 Å². The Hall–Kier alpha value is -2.35. The number of fused-ring (bicyclic) bond motifs is 1. The van der Waals surface area contributed by atoms with Gasteiger partial charge < -0.3 is 9.80 Å². The number of nitrogens with zero attached hydrogens (tertiary/aromatic N) is 4. The molecule has 0 spiro atoms. The van der Waals surface area contributed by atoms with Crippen LogP contribution in [0.15, 0.2) is 40.4 Å². The minimum absolute atomic E-state index is 0.0638. The first-order valence-corrected chi connectivity index (χ1v) is 10.00. The van der Waals surface area contributed by atoms with Gasteiger partial charge in [-0.25, -0.2) is 9.37 Å². The lowest BCUT2D eigenvalue weighted by molar-refractivity contribution is -0.135. The van der Waals surface area contributed by atoms with E-state index in [1.54, 1.807) is 29.8 Å². The van der Waals surface area contributed by atoms with E-state index in [0.29, 0.717) is 49.2 Å². The van der Waals surface area contributed by atoms with E-state index >= 15 is 0 Å². The number of carbonyl (C=O) groups excluding carboxylic acids is 1. The zero-order chi connectivity index (χ0) is 19.0. The summed E-state index contributed by atoms with van der Waals surface area (Å²) in [5.74, 6) is 0.288. The van der Waals surface area contributed by atoms with Gasteiger partial charge in [-0.1, -0.05) is 11.8 Å². The number of piperazine rings is 1. The van der Waals surface area contributed by atoms with Crippen molar-refractivity contribution >= 4 is 23.4 Å². The van der Waals surface area contributed by atoms with Gasteiger partial charge in [0, 0.05) is 55.9 Å². The van der Waals surface area contributed by atoms with E-state index in [0.717, 1.165) is 5.69 Å². The standard InChI is InChI=1S/C19H21FN4O2S/c1-13-10-21-19-24(17(13)25)11-14(12-27-19)18(26)23-8-6-22(7-9-23)16-4-2-15(20)3-5-16/h2-5,10,14H,6-9,11-12H2,1H3. The maximum absolute atomic E-state index is 13.1. The number of rotatable bonds is 2. The van der Waals surface area contributed by atoms with Crippen molar-refractivity contribution in [3.8, 4) is 0 Å². The lowest BCUT2D eigenvalue weighted by atomic mass is 10.1. The number of amides is 1. The van der Waals surface area contributed by atoms with Gasteiger partial charge in [0.1, 0.15) is 5.82 Å². The third-order valence-corrected chi connectivity index (χ3v) is 6.28. The molecule has 1 aromatic heterocycles. The van der Waals surface area contributed by atoms with Crippen LogP contribution in [0.5, 0.6) is 0 Å². The van der Waals surface area contributed by atoms with E-state index in [2.05, 4.69) is 9.88 Å². The highest BCUT2D eigenvalue weighted by atomic mass is 32.2. The number of aryl methyl sites for hydroxylation is 1. The van der Waals surface area contributed by atoms with Gasteiger partial charge >= 0.3 is 0 Å². The second kappa shape index (κ2) is 7.34. The van der Waals surface area contributed by atoms with Crippen LogP contribution >= 0.6 is 11.8 Å². The monoisotopic (exact) mass is 388 g/mol. The summed E-state index contributed by atoms with van der Waals surface area (Å²) in [6.45, 7) is 4.83. The van der Waals surface area contributed by atoms with Crippen LogP contribution in [0.3, 0.4) is 0 Å². The number of hydrogen-bond donors (Lipinski definition) is 0. The normalized spacial score (nSPS) is 19.7. The molecule has 0 aliphatic carbocycles. The summed E-state index contributed by atoms with van der Waals surface area (Å²) in [4.78, 5) is 33.6. The molecule has 1 unspecified atom stereocenters. The van der Waals surface area contributed by atoms with Gasteiger partial charge in [-0.2, -0.15) is 0 Å². The van der Waals surface area contributed by atoms with E-state index in [-0.39, 0.29) is 23.2 Å². The molecule has 0 bridgehead atoms. The van der Waals surface area contributed by atoms with Crippen molar-refractivity contribution in [1.29, 1.82) is 0 Å². The SMILES string of the molecule is Cc1cnc2n(c1=O)CC(C(=O)N1CCN(c3ccc(F)cc3)CC1)CS2. The van der Waals surface area contributed by atoms with Gasteiger partial charge in [0.05, 0.1) is 5.92 Å². The predicted molar refractivity (Wildman–Crippen MR) is 103 cm³/mol. The molecule has 2 aromatic rings. The number of thioether (sulfide) groups is 1. The summed E-state index contributed by atoms with van der Waals surface area (Å²) < 4.78 is 14.7. The third kappa shape index (κ3) is 3.58. The molecule has 4 rings (SSSR count). The fraction of sp³-hybridized carbons (Fsp3) is 0.421. The lowest BCUT2D eigenvalue weighted by Gasteiger charge is -2.38. The molecule has 0 N–H and O–H groups in total. The lowest BCUT2D eigenvalue weighted by Crippen LogP contribution is -2.52. The summed E-state index contributed by atoms with van der Waals surface area (Å²) in [6.07, 6.45) is 1.60. The fourth-order valence-electron chi connectivity index (χ4n) is 3.55. The molecule has 1 atom stereocenters. The molecule has 27 heavy (non-hydrogen) atoms.